The summed E-state index contributed by atoms with van der Waals surface area (Å²) in [6, 6.07) is 19.2. The number of aromatic nitrogens is 3. The van der Waals surface area contributed by atoms with E-state index in [2.05, 4.69) is 15.6 Å². The second kappa shape index (κ2) is 10.3. The summed E-state index contributed by atoms with van der Waals surface area (Å²) in [5.74, 6) is 1.83. The fraction of sp³-hybridized carbons (Fsp3) is 0.167. The first-order chi connectivity index (χ1) is 16.0. The minimum Gasteiger partial charge on any atom is -0.496 e. The first kappa shape index (κ1) is 23.2. The summed E-state index contributed by atoms with van der Waals surface area (Å²) >= 11 is 18.2. The number of hydrogen-bond acceptors (Lipinski definition) is 5. The van der Waals surface area contributed by atoms with Crippen molar-refractivity contribution >= 4 is 35.4 Å². The number of rotatable bonds is 8. The normalized spacial score (nSPS) is 10.8. The number of benzene rings is 3. The quantitative estimate of drug-likeness (QED) is 0.268. The number of aromatic amines is 1. The highest BCUT2D eigenvalue weighted by atomic mass is 35.5. The number of aryl methyl sites for hydroxylation is 1. The molecule has 2 N–H and O–H groups in total. The summed E-state index contributed by atoms with van der Waals surface area (Å²) in [6.07, 6.45) is 0. The topological polar surface area (TPSA) is 64.1 Å². The van der Waals surface area contributed by atoms with E-state index in [1.165, 1.54) is 5.56 Å². The van der Waals surface area contributed by atoms with E-state index in [0.717, 1.165) is 16.7 Å². The van der Waals surface area contributed by atoms with Crippen LogP contribution in [0.3, 0.4) is 0 Å². The molecule has 0 radical (unpaired) electrons. The average Bonchev–Trinajstić information content (AvgIpc) is 3.18. The highest BCUT2D eigenvalue weighted by Gasteiger charge is 2.16. The molecule has 0 aliphatic rings. The molecule has 33 heavy (non-hydrogen) atoms. The molecule has 0 aliphatic heterocycles. The Kier molecular flexibility index (Phi) is 7.23. The SMILES string of the molecule is COc1ccccc1-c1n[nH]c(=S)n1NCc1cc(Cl)cc(Cl)c1OCc1ccc(C)cc1. The molecule has 0 spiro atoms. The van der Waals surface area contributed by atoms with Crippen LogP contribution in [0, 0.1) is 11.7 Å². The van der Waals surface area contributed by atoms with Crippen molar-refractivity contribution in [3.05, 3.63) is 92.2 Å². The van der Waals surface area contributed by atoms with Crippen LogP contribution in [0.5, 0.6) is 11.5 Å². The molecule has 0 amide bonds. The summed E-state index contributed by atoms with van der Waals surface area (Å²) in [4.78, 5) is 0. The second-order valence-electron chi connectivity index (χ2n) is 7.37. The lowest BCUT2D eigenvalue weighted by molar-refractivity contribution is 0.303. The smallest absolute Gasteiger partial charge is 0.214 e. The van der Waals surface area contributed by atoms with E-state index in [1.54, 1.807) is 17.9 Å². The molecule has 0 atom stereocenters. The number of methoxy groups -OCH3 is 1. The van der Waals surface area contributed by atoms with Gasteiger partial charge in [0.15, 0.2) is 5.82 Å². The Morgan fingerprint density at radius 1 is 1.09 bits per heavy atom. The summed E-state index contributed by atoms with van der Waals surface area (Å²) in [6.45, 7) is 2.77. The van der Waals surface area contributed by atoms with Crippen molar-refractivity contribution in [1.29, 1.82) is 0 Å². The minimum atomic E-state index is 0.347. The van der Waals surface area contributed by atoms with Crippen LogP contribution in [0.1, 0.15) is 16.7 Å². The van der Waals surface area contributed by atoms with Crippen LogP contribution >= 0.6 is 35.4 Å². The fourth-order valence-electron chi connectivity index (χ4n) is 3.36. The Morgan fingerprint density at radius 2 is 1.85 bits per heavy atom. The van der Waals surface area contributed by atoms with Gasteiger partial charge in [0.05, 0.1) is 24.2 Å². The molecule has 0 unspecified atom stereocenters. The first-order valence-electron chi connectivity index (χ1n) is 10.2. The largest absolute Gasteiger partial charge is 0.496 e. The lowest BCUT2D eigenvalue weighted by Crippen LogP contribution is -2.17. The van der Waals surface area contributed by atoms with Gasteiger partial charge in [0.25, 0.3) is 0 Å². The lowest BCUT2D eigenvalue weighted by Gasteiger charge is -2.16. The van der Waals surface area contributed by atoms with Crippen LogP contribution in [0.15, 0.2) is 60.7 Å². The first-order valence-corrected chi connectivity index (χ1v) is 11.3. The van der Waals surface area contributed by atoms with E-state index in [4.69, 9.17) is 44.9 Å². The zero-order valence-corrected chi connectivity index (χ0v) is 20.4. The zero-order chi connectivity index (χ0) is 23.4. The Bertz CT molecular complexity index is 1320. The van der Waals surface area contributed by atoms with E-state index in [1.807, 2.05) is 61.5 Å². The van der Waals surface area contributed by atoms with Crippen LogP contribution in [0.2, 0.25) is 10.0 Å². The fourth-order valence-corrected chi connectivity index (χ4v) is 4.15. The van der Waals surface area contributed by atoms with Crippen molar-refractivity contribution in [1.82, 2.24) is 14.9 Å². The Hall–Kier alpha value is -3.00. The van der Waals surface area contributed by atoms with Gasteiger partial charge in [-0.2, -0.15) is 5.10 Å². The summed E-state index contributed by atoms with van der Waals surface area (Å²) < 4.78 is 13.7. The number of para-hydroxylation sites is 1. The van der Waals surface area contributed by atoms with Crippen LogP contribution in [-0.4, -0.2) is 22.0 Å². The average molecular weight is 501 g/mol. The monoisotopic (exact) mass is 500 g/mol. The van der Waals surface area contributed by atoms with Gasteiger partial charge in [-0.25, -0.2) is 9.77 Å². The number of nitrogens with zero attached hydrogens (tertiary/aromatic N) is 2. The molecule has 0 fully saturated rings. The van der Waals surface area contributed by atoms with E-state index in [-0.39, 0.29) is 0 Å². The summed E-state index contributed by atoms with van der Waals surface area (Å²) in [7, 11) is 1.61. The maximum Gasteiger partial charge on any atom is 0.214 e. The zero-order valence-electron chi connectivity index (χ0n) is 18.1. The van der Waals surface area contributed by atoms with Gasteiger partial charge in [-0.1, -0.05) is 65.2 Å². The van der Waals surface area contributed by atoms with E-state index < -0.39 is 0 Å². The van der Waals surface area contributed by atoms with Gasteiger partial charge >= 0.3 is 0 Å². The van der Waals surface area contributed by atoms with Gasteiger partial charge in [-0.15, -0.1) is 0 Å². The van der Waals surface area contributed by atoms with Crippen molar-refractivity contribution in [2.75, 3.05) is 12.5 Å². The third-order valence-corrected chi connectivity index (χ3v) is 5.81. The van der Waals surface area contributed by atoms with Crippen molar-refractivity contribution in [2.45, 2.75) is 20.1 Å². The van der Waals surface area contributed by atoms with Crippen LogP contribution in [0.4, 0.5) is 0 Å². The highest BCUT2D eigenvalue weighted by molar-refractivity contribution is 7.71. The molecule has 0 bridgehead atoms. The van der Waals surface area contributed by atoms with Crippen LogP contribution in [-0.2, 0) is 13.2 Å². The lowest BCUT2D eigenvalue weighted by atomic mass is 10.1. The number of H-pyrrole nitrogens is 1. The van der Waals surface area contributed by atoms with E-state index in [0.29, 0.717) is 45.3 Å². The Balaban J connectivity index is 1.60. The molecule has 4 rings (SSSR count). The third-order valence-electron chi connectivity index (χ3n) is 5.04. The van der Waals surface area contributed by atoms with E-state index >= 15 is 0 Å². The molecule has 0 saturated heterocycles. The van der Waals surface area contributed by atoms with Crippen molar-refractivity contribution in [3.63, 3.8) is 0 Å². The molecule has 0 aliphatic carbocycles. The molecule has 3 aromatic carbocycles. The predicted octanol–water partition coefficient (Wildman–Crippen LogP) is 6.55. The number of hydrogen-bond donors (Lipinski definition) is 2. The molecule has 9 heteroatoms. The van der Waals surface area contributed by atoms with Crippen molar-refractivity contribution in [3.8, 4) is 22.9 Å². The van der Waals surface area contributed by atoms with Gasteiger partial charge in [-0.3, -0.25) is 0 Å². The van der Waals surface area contributed by atoms with Gasteiger partial charge in [-0.05, 0) is 49.0 Å². The summed E-state index contributed by atoms with van der Waals surface area (Å²) in [5.41, 5.74) is 7.10. The maximum atomic E-state index is 6.49. The van der Waals surface area contributed by atoms with Crippen molar-refractivity contribution < 1.29 is 9.47 Å². The predicted molar refractivity (Wildman–Crippen MR) is 134 cm³/mol. The molecule has 4 aromatic rings. The Labute approximate surface area is 207 Å². The Morgan fingerprint density at radius 3 is 2.61 bits per heavy atom. The van der Waals surface area contributed by atoms with Crippen molar-refractivity contribution in [2.24, 2.45) is 0 Å². The highest BCUT2D eigenvalue weighted by Crippen LogP contribution is 2.34. The molecule has 1 aromatic heterocycles. The summed E-state index contributed by atoms with van der Waals surface area (Å²) in [5, 5.41) is 8.14. The molecule has 1 heterocycles. The second-order valence-corrected chi connectivity index (χ2v) is 8.60. The van der Waals surface area contributed by atoms with Crippen LogP contribution in [0.25, 0.3) is 11.4 Å². The molecular formula is C24H22Cl2N4O2S. The minimum absolute atomic E-state index is 0.347. The van der Waals surface area contributed by atoms with Gasteiger partial charge < -0.3 is 14.9 Å². The molecule has 6 nitrogen and oxygen atoms in total. The molecular weight excluding hydrogens is 479 g/mol. The number of halogens is 2. The van der Waals surface area contributed by atoms with Gasteiger partial charge in [0.2, 0.25) is 4.77 Å². The standard InChI is InChI=1S/C24H22Cl2N4O2S/c1-15-7-9-16(10-8-15)14-32-22-17(11-18(25)12-20(22)26)13-27-30-23(28-29-24(30)33)19-5-3-4-6-21(19)31-2/h3-12,27H,13-14H2,1-2H3,(H,29,33). The maximum absolute atomic E-state index is 6.49. The molecule has 0 saturated carbocycles. The van der Waals surface area contributed by atoms with Crippen LogP contribution < -0.4 is 14.9 Å². The van der Waals surface area contributed by atoms with Gasteiger partial charge in [0, 0.05) is 10.6 Å². The van der Waals surface area contributed by atoms with E-state index in [9.17, 15) is 0 Å². The van der Waals surface area contributed by atoms with Gasteiger partial charge in [0.1, 0.15) is 18.1 Å². The third kappa shape index (κ3) is 5.33. The number of ether oxygens (including phenoxy) is 2. The number of nitrogens with one attached hydrogen (secondary N) is 2. The molecule has 170 valence electrons.